The van der Waals surface area contributed by atoms with Crippen molar-refractivity contribution in [3.8, 4) is 22.9 Å². The molecule has 0 unspecified atom stereocenters. The second-order valence-corrected chi connectivity index (χ2v) is 19.1. The second kappa shape index (κ2) is 17.7. The van der Waals surface area contributed by atoms with Crippen LogP contribution < -0.4 is 9.47 Å². The molecule has 11 rings (SSSR count). The standard InChI is InChI=1S/C52H35N9O9S2/c1-69-46-27-44(55-53-41-17-9-11-29-10-3-4-12-33(29)41)35-13-5-7-15-38(35)51(46)58-56-45-28-47(70-2)50(39-16-8-6-14-36(39)45)57-54-43-22-18-30-24-31(19-20-34(30)52(43)62)61-59-42-23-21-37-40(49(42)60-61)25-32(71(63,64)65)26-48(37)72(66,67)68/h3-28,62H,1-2H3,(H,63,64,65)(H,66,67,68). The van der Waals surface area contributed by atoms with Crippen LogP contribution in [-0.4, -0.2) is 60.3 Å². The summed E-state index contributed by atoms with van der Waals surface area (Å²) in [7, 11) is -6.73. The van der Waals surface area contributed by atoms with E-state index in [-0.39, 0.29) is 33.2 Å². The van der Waals surface area contributed by atoms with E-state index in [1.54, 1.807) is 49.6 Å². The first-order chi connectivity index (χ1) is 34.8. The first-order valence-electron chi connectivity index (χ1n) is 21.7. The van der Waals surface area contributed by atoms with Crippen LogP contribution in [0.15, 0.2) is 198 Å². The van der Waals surface area contributed by atoms with Crippen LogP contribution in [0.25, 0.3) is 70.6 Å². The third-order valence-corrected chi connectivity index (χ3v) is 13.8. The van der Waals surface area contributed by atoms with E-state index in [0.717, 1.165) is 33.3 Å². The van der Waals surface area contributed by atoms with Crippen molar-refractivity contribution in [1.29, 1.82) is 0 Å². The van der Waals surface area contributed by atoms with Gasteiger partial charge in [0.05, 0.1) is 41.9 Å². The van der Waals surface area contributed by atoms with Crippen LogP contribution in [-0.2, 0) is 20.2 Å². The average Bonchev–Trinajstić information content (AvgIpc) is 3.84. The number of phenolic OH excluding ortho intramolecular Hbond substituents is 1. The molecule has 11 aromatic rings. The summed E-state index contributed by atoms with van der Waals surface area (Å²) in [6.45, 7) is 0. The molecule has 0 saturated carbocycles. The van der Waals surface area contributed by atoms with Gasteiger partial charge in [-0.05, 0) is 59.3 Å². The number of hydrogen-bond acceptors (Lipinski definition) is 15. The second-order valence-electron chi connectivity index (χ2n) is 16.3. The Kier molecular flexibility index (Phi) is 11.2. The lowest BCUT2D eigenvalue weighted by Crippen LogP contribution is -2.04. The first-order valence-corrected chi connectivity index (χ1v) is 24.6. The molecule has 0 saturated heterocycles. The van der Waals surface area contributed by atoms with Crippen molar-refractivity contribution in [2.45, 2.75) is 9.79 Å². The van der Waals surface area contributed by atoms with Crippen molar-refractivity contribution in [3.05, 3.63) is 158 Å². The molecule has 72 heavy (non-hydrogen) atoms. The molecule has 10 aromatic carbocycles. The van der Waals surface area contributed by atoms with Gasteiger partial charge in [0.15, 0.2) is 5.75 Å². The van der Waals surface area contributed by atoms with Crippen molar-refractivity contribution in [2.24, 2.45) is 30.7 Å². The van der Waals surface area contributed by atoms with Gasteiger partial charge in [0.1, 0.15) is 44.5 Å². The van der Waals surface area contributed by atoms with E-state index in [2.05, 4.69) is 30.7 Å². The maximum absolute atomic E-state index is 12.2. The fraction of sp³-hybridized carbons (Fsp3) is 0.0385. The molecule has 3 N–H and O–H groups in total. The Labute approximate surface area is 408 Å². The molecule has 0 spiro atoms. The number of phenols is 1. The highest BCUT2D eigenvalue weighted by atomic mass is 32.2. The van der Waals surface area contributed by atoms with Crippen molar-refractivity contribution < 1.29 is 40.5 Å². The molecule has 0 radical (unpaired) electrons. The normalized spacial score (nSPS) is 12.6. The zero-order chi connectivity index (χ0) is 49.9. The van der Waals surface area contributed by atoms with Gasteiger partial charge in [0.2, 0.25) is 0 Å². The molecule has 0 aliphatic rings. The largest absolute Gasteiger partial charge is 0.505 e. The number of ether oxygens (including phenoxy) is 2. The van der Waals surface area contributed by atoms with Crippen molar-refractivity contribution in [1.82, 2.24) is 15.0 Å². The number of rotatable bonds is 11. The van der Waals surface area contributed by atoms with E-state index in [1.807, 2.05) is 91.0 Å². The topological polar surface area (TPSA) is 252 Å². The summed E-state index contributed by atoms with van der Waals surface area (Å²) in [5, 5.41) is 54.3. The van der Waals surface area contributed by atoms with Crippen LogP contribution in [0.5, 0.6) is 17.2 Å². The molecular formula is C52H35N9O9S2. The van der Waals surface area contributed by atoms with Crippen LogP contribution in [0.3, 0.4) is 0 Å². The quantitative estimate of drug-likeness (QED) is 0.0811. The minimum absolute atomic E-state index is 0.00663. The fourth-order valence-electron chi connectivity index (χ4n) is 8.65. The molecule has 0 fully saturated rings. The molecule has 0 bridgehead atoms. The number of aromatic nitrogens is 3. The third-order valence-electron chi connectivity index (χ3n) is 12.1. The Morgan fingerprint density at radius 3 is 1.67 bits per heavy atom. The lowest BCUT2D eigenvalue weighted by Gasteiger charge is -2.12. The minimum atomic E-state index is -4.91. The highest BCUT2D eigenvalue weighted by Gasteiger charge is 2.23. The van der Waals surface area contributed by atoms with Gasteiger partial charge in [0.25, 0.3) is 20.2 Å². The van der Waals surface area contributed by atoms with Gasteiger partial charge in [-0.25, -0.2) is 0 Å². The van der Waals surface area contributed by atoms with Crippen LogP contribution in [0, 0.1) is 0 Å². The predicted octanol–water partition coefficient (Wildman–Crippen LogP) is 13.6. The molecule has 18 nitrogen and oxygen atoms in total. The number of aromatic hydroxyl groups is 1. The summed E-state index contributed by atoms with van der Waals surface area (Å²) in [6.07, 6.45) is 0. The SMILES string of the molecule is COc1cc(N=Nc2c(OC)cc(N=Nc3cccc4ccccc34)c3ccccc23)c2ccccc2c1N=Nc1ccc2cc(-n3nc4ccc5c(S(=O)(=O)O)cc(S(=O)(=O)O)cc5c4n3)ccc2c1O. The highest BCUT2D eigenvalue weighted by molar-refractivity contribution is 7.86. The van der Waals surface area contributed by atoms with Gasteiger partial charge in [-0.2, -0.15) is 21.6 Å². The van der Waals surface area contributed by atoms with E-state index in [4.69, 9.17) is 19.7 Å². The van der Waals surface area contributed by atoms with Crippen LogP contribution in [0.1, 0.15) is 0 Å². The van der Waals surface area contributed by atoms with Gasteiger partial charge < -0.3 is 14.6 Å². The number of nitrogens with zero attached hydrogens (tertiary/aromatic N) is 9. The van der Waals surface area contributed by atoms with Crippen LogP contribution >= 0.6 is 0 Å². The third kappa shape index (κ3) is 8.14. The van der Waals surface area contributed by atoms with E-state index in [0.29, 0.717) is 67.5 Å². The van der Waals surface area contributed by atoms with Gasteiger partial charge in [-0.1, -0.05) is 97.1 Å². The Balaban J connectivity index is 0.915. The summed E-state index contributed by atoms with van der Waals surface area (Å²) in [6, 6.07) is 45.3. The first kappa shape index (κ1) is 45.4. The Morgan fingerprint density at radius 2 is 1.03 bits per heavy atom. The Morgan fingerprint density at radius 1 is 0.458 bits per heavy atom. The van der Waals surface area contributed by atoms with Gasteiger partial charge in [-0.3, -0.25) is 9.11 Å². The van der Waals surface area contributed by atoms with E-state index < -0.39 is 30.0 Å². The molecule has 0 aliphatic heterocycles. The van der Waals surface area contributed by atoms with Crippen molar-refractivity contribution in [3.63, 3.8) is 0 Å². The van der Waals surface area contributed by atoms with Gasteiger partial charge in [0, 0.05) is 55.2 Å². The lowest BCUT2D eigenvalue weighted by molar-refractivity contribution is 0.416. The Bertz CT molecular complexity index is 4400. The van der Waals surface area contributed by atoms with E-state index in [9.17, 15) is 31.0 Å². The van der Waals surface area contributed by atoms with Gasteiger partial charge in [-0.15, -0.1) is 40.9 Å². The van der Waals surface area contributed by atoms with Crippen molar-refractivity contribution >= 4 is 119 Å². The Hall–Kier alpha value is -9.08. The molecule has 354 valence electrons. The molecule has 1 aromatic heterocycles. The van der Waals surface area contributed by atoms with Gasteiger partial charge >= 0.3 is 0 Å². The minimum Gasteiger partial charge on any atom is -0.505 e. The predicted molar refractivity (Wildman–Crippen MR) is 273 cm³/mol. The maximum Gasteiger partial charge on any atom is 0.295 e. The summed E-state index contributed by atoms with van der Waals surface area (Å²) >= 11 is 0. The summed E-state index contributed by atoms with van der Waals surface area (Å²) in [5.74, 6) is 0.613. The fourth-order valence-corrected chi connectivity index (χ4v) is 9.99. The van der Waals surface area contributed by atoms with Crippen LogP contribution in [0.4, 0.5) is 34.1 Å². The molecular weight excluding hydrogens is 959 g/mol. The molecule has 0 aliphatic carbocycles. The average molecular weight is 994 g/mol. The molecule has 0 atom stereocenters. The number of hydrogen-bond donors (Lipinski definition) is 3. The summed E-state index contributed by atoms with van der Waals surface area (Å²) in [5.41, 5.74) is 3.61. The number of azo groups is 3. The number of benzene rings is 10. The summed E-state index contributed by atoms with van der Waals surface area (Å²) in [4.78, 5) is -0.231. The van der Waals surface area contributed by atoms with E-state index >= 15 is 0 Å². The molecule has 1 heterocycles. The lowest BCUT2D eigenvalue weighted by atomic mass is 10.1. The smallest absolute Gasteiger partial charge is 0.295 e. The zero-order valence-electron chi connectivity index (χ0n) is 37.6. The van der Waals surface area contributed by atoms with E-state index in [1.165, 1.54) is 24.0 Å². The zero-order valence-corrected chi connectivity index (χ0v) is 39.3. The number of methoxy groups -OCH3 is 2. The maximum atomic E-state index is 12.2. The van der Waals surface area contributed by atoms with Crippen molar-refractivity contribution in [2.75, 3.05) is 14.2 Å². The monoisotopic (exact) mass is 993 g/mol. The molecule has 0 amide bonds. The number of fused-ring (bicyclic) bond motifs is 7. The van der Waals surface area contributed by atoms with Crippen LogP contribution in [0.2, 0.25) is 0 Å². The summed E-state index contributed by atoms with van der Waals surface area (Å²) < 4.78 is 79.9. The highest BCUT2D eigenvalue weighted by Crippen LogP contribution is 2.47. The molecule has 20 heteroatoms.